The zero-order valence-corrected chi connectivity index (χ0v) is 9.74. The molecule has 1 aliphatic rings. The van der Waals surface area contributed by atoms with Gasteiger partial charge in [0.15, 0.2) is 0 Å². The maximum atomic E-state index is 13.6. The summed E-state index contributed by atoms with van der Waals surface area (Å²) in [5.74, 6) is -5.50. The molecule has 0 bridgehead atoms. The van der Waals surface area contributed by atoms with Crippen molar-refractivity contribution in [1.82, 2.24) is 0 Å². The van der Waals surface area contributed by atoms with Gasteiger partial charge in [-0.3, -0.25) is 0 Å². The van der Waals surface area contributed by atoms with Crippen LogP contribution in [0.2, 0.25) is 0 Å². The van der Waals surface area contributed by atoms with Crippen LogP contribution in [-0.4, -0.2) is 24.1 Å². The van der Waals surface area contributed by atoms with Crippen LogP contribution < -0.4 is 4.74 Å². The van der Waals surface area contributed by atoms with E-state index in [9.17, 15) is 13.6 Å². The molecule has 5 heteroatoms. The Labute approximate surface area is 103 Å². The quantitative estimate of drug-likeness (QED) is 0.902. The van der Waals surface area contributed by atoms with Crippen LogP contribution in [0.25, 0.3) is 5.57 Å². The lowest BCUT2D eigenvalue weighted by molar-refractivity contribution is -0.156. The van der Waals surface area contributed by atoms with Crippen molar-refractivity contribution in [2.75, 3.05) is 7.11 Å². The minimum atomic E-state index is -3.87. The maximum Gasteiger partial charge on any atom is 0.379 e. The molecule has 96 valence electrons. The topological polar surface area (TPSA) is 46.5 Å². The van der Waals surface area contributed by atoms with E-state index in [0.717, 1.165) is 0 Å². The Morgan fingerprint density at radius 3 is 2.78 bits per heavy atom. The van der Waals surface area contributed by atoms with Crippen molar-refractivity contribution in [2.24, 2.45) is 0 Å². The molecule has 0 heterocycles. The number of halogens is 2. The minimum Gasteiger partial charge on any atom is -0.496 e. The van der Waals surface area contributed by atoms with E-state index >= 15 is 0 Å². The lowest BCUT2D eigenvalue weighted by atomic mass is 9.87. The number of ether oxygens (including phenoxy) is 1. The molecule has 0 amide bonds. The Morgan fingerprint density at radius 1 is 1.44 bits per heavy atom. The Bertz CT molecular complexity index is 521. The molecule has 18 heavy (non-hydrogen) atoms. The van der Waals surface area contributed by atoms with Gasteiger partial charge in [0.05, 0.1) is 7.11 Å². The number of aliphatic carboxylic acids is 1. The predicted molar refractivity (Wildman–Crippen MR) is 61.9 cm³/mol. The summed E-state index contributed by atoms with van der Waals surface area (Å²) in [6, 6.07) is 4.76. The molecule has 1 aliphatic carbocycles. The van der Waals surface area contributed by atoms with E-state index in [1.807, 2.05) is 0 Å². The zero-order chi connectivity index (χ0) is 13.3. The molecule has 0 saturated heterocycles. The number of hydrogen-bond acceptors (Lipinski definition) is 2. The van der Waals surface area contributed by atoms with Gasteiger partial charge in [0.25, 0.3) is 0 Å². The molecule has 0 spiro atoms. The van der Waals surface area contributed by atoms with E-state index in [1.54, 1.807) is 12.1 Å². The van der Waals surface area contributed by atoms with E-state index in [0.29, 0.717) is 24.2 Å². The first-order chi connectivity index (χ1) is 8.48. The Balaban J connectivity index is 2.56. The van der Waals surface area contributed by atoms with Gasteiger partial charge in [-0.15, -0.1) is 0 Å². The fourth-order valence-electron chi connectivity index (χ4n) is 2.15. The molecule has 0 radical (unpaired) electrons. The molecule has 0 unspecified atom stereocenters. The summed E-state index contributed by atoms with van der Waals surface area (Å²) < 4.78 is 32.4. The predicted octanol–water partition coefficient (Wildman–Crippen LogP) is 2.74. The highest BCUT2D eigenvalue weighted by Crippen LogP contribution is 2.40. The van der Waals surface area contributed by atoms with Gasteiger partial charge in [0.1, 0.15) is 5.75 Å². The first kappa shape index (κ1) is 12.5. The van der Waals surface area contributed by atoms with Crippen molar-refractivity contribution in [3.05, 3.63) is 35.4 Å². The van der Waals surface area contributed by atoms with Gasteiger partial charge in [-0.25, -0.2) is 4.79 Å². The van der Waals surface area contributed by atoms with E-state index in [1.165, 1.54) is 19.3 Å². The molecular formula is C13H12F2O3. The number of rotatable bonds is 3. The van der Waals surface area contributed by atoms with Crippen LogP contribution in [0.5, 0.6) is 5.75 Å². The van der Waals surface area contributed by atoms with Crippen molar-refractivity contribution in [1.29, 1.82) is 0 Å². The summed E-state index contributed by atoms with van der Waals surface area (Å²) in [6.45, 7) is 0. The molecular weight excluding hydrogens is 242 g/mol. The van der Waals surface area contributed by atoms with Gasteiger partial charge in [0, 0.05) is 11.1 Å². The minimum absolute atomic E-state index is 0.257. The van der Waals surface area contributed by atoms with Crippen LogP contribution in [0, 0.1) is 0 Å². The molecule has 0 atom stereocenters. The van der Waals surface area contributed by atoms with Crippen molar-refractivity contribution >= 4 is 11.5 Å². The summed E-state index contributed by atoms with van der Waals surface area (Å²) in [6.07, 6.45) is 2.24. The standard InChI is InChI=1S/C13H12F2O3/c1-18-11-7-3-4-8-9(11)5-2-6-10(8)13(14,15)12(16)17/h3-4,6-7H,2,5H2,1H3,(H,16,17). The van der Waals surface area contributed by atoms with E-state index in [4.69, 9.17) is 9.84 Å². The number of methoxy groups -OCH3 is 1. The first-order valence-corrected chi connectivity index (χ1v) is 5.46. The molecule has 2 rings (SSSR count). The van der Waals surface area contributed by atoms with E-state index in [-0.39, 0.29) is 5.56 Å². The van der Waals surface area contributed by atoms with Crippen LogP contribution in [0.15, 0.2) is 24.3 Å². The number of carboxylic acids is 1. The fourth-order valence-corrected chi connectivity index (χ4v) is 2.15. The number of fused-ring (bicyclic) bond motifs is 1. The lowest BCUT2D eigenvalue weighted by Gasteiger charge is -2.23. The molecule has 1 aromatic rings. The van der Waals surface area contributed by atoms with Crippen LogP contribution in [-0.2, 0) is 11.2 Å². The van der Waals surface area contributed by atoms with Crippen molar-refractivity contribution in [2.45, 2.75) is 18.8 Å². The van der Waals surface area contributed by atoms with Crippen molar-refractivity contribution in [3.63, 3.8) is 0 Å². The molecule has 1 aromatic carbocycles. The molecule has 3 nitrogen and oxygen atoms in total. The third-order valence-electron chi connectivity index (χ3n) is 2.99. The average molecular weight is 254 g/mol. The SMILES string of the molecule is COc1cccc2c1CCC=C2C(F)(F)C(=O)O. The van der Waals surface area contributed by atoms with E-state index < -0.39 is 17.5 Å². The van der Waals surface area contributed by atoms with Gasteiger partial charge < -0.3 is 9.84 Å². The number of benzene rings is 1. The van der Waals surface area contributed by atoms with Crippen LogP contribution in [0.1, 0.15) is 17.5 Å². The maximum absolute atomic E-state index is 13.6. The molecule has 0 aliphatic heterocycles. The highest BCUT2D eigenvalue weighted by atomic mass is 19.3. The Hall–Kier alpha value is -1.91. The fraction of sp³-hybridized carbons (Fsp3) is 0.308. The number of allylic oxidation sites excluding steroid dienone is 1. The van der Waals surface area contributed by atoms with Gasteiger partial charge in [-0.05, 0) is 24.5 Å². The smallest absolute Gasteiger partial charge is 0.379 e. The number of carboxylic acid groups (broad SMARTS) is 1. The van der Waals surface area contributed by atoms with Gasteiger partial charge in [-0.2, -0.15) is 8.78 Å². The van der Waals surface area contributed by atoms with Crippen LogP contribution in [0.4, 0.5) is 8.78 Å². The van der Waals surface area contributed by atoms with Crippen LogP contribution in [0.3, 0.4) is 0 Å². The highest BCUT2D eigenvalue weighted by Gasteiger charge is 2.45. The number of alkyl halides is 2. The third-order valence-corrected chi connectivity index (χ3v) is 2.99. The number of hydrogen-bond donors (Lipinski definition) is 1. The number of carbonyl (C=O) groups is 1. The second-order valence-corrected chi connectivity index (χ2v) is 4.02. The van der Waals surface area contributed by atoms with Gasteiger partial charge in [-0.1, -0.05) is 18.2 Å². The Morgan fingerprint density at radius 2 is 2.17 bits per heavy atom. The molecule has 0 saturated carbocycles. The third kappa shape index (κ3) is 1.85. The second kappa shape index (κ2) is 4.40. The summed E-state index contributed by atoms with van der Waals surface area (Å²) >= 11 is 0. The van der Waals surface area contributed by atoms with Crippen molar-refractivity contribution < 1.29 is 23.4 Å². The second-order valence-electron chi connectivity index (χ2n) is 4.02. The molecule has 1 N–H and O–H groups in total. The van der Waals surface area contributed by atoms with Gasteiger partial charge in [0.2, 0.25) is 0 Å². The molecule has 0 fully saturated rings. The zero-order valence-electron chi connectivity index (χ0n) is 9.74. The van der Waals surface area contributed by atoms with Crippen LogP contribution >= 0.6 is 0 Å². The lowest BCUT2D eigenvalue weighted by Crippen LogP contribution is -2.31. The summed E-state index contributed by atoms with van der Waals surface area (Å²) in [5, 5.41) is 8.62. The van der Waals surface area contributed by atoms with Crippen molar-refractivity contribution in [3.8, 4) is 5.75 Å². The normalized spacial score (nSPS) is 14.7. The monoisotopic (exact) mass is 254 g/mol. The molecule has 0 aromatic heterocycles. The Kier molecular flexibility index (Phi) is 3.07. The first-order valence-electron chi connectivity index (χ1n) is 5.46. The largest absolute Gasteiger partial charge is 0.496 e. The summed E-state index contributed by atoms with van der Waals surface area (Å²) in [7, 11) is 1.46. The average Bonchev–Trinajstić information content (AvgIpc) is 2.36. The summed E-state index contributed by atoms with van der Waals surface area (Å²) in [5.41, 5.74) is 0.446. The van der Waals surface area contributed by atoms with Gasteiger partial charge >= 0.3 is 11.9 Å². The summed E-state index contributed by atoms with van der Waals surface area (Å²) in [4.78, 5) is 10.7. The van der Waals surface area contributed by atoms with E-state index in [2.05, 4.69) is 0 Å². The highest BCUT2D eigenvalue weighted by molar-refractivity contribution is 5.94.